The highest BCUT2D eigenvalue weighted by atomic mass is 19.4. The van der Waals surface area contributed by atoms with E-state index in [-0.39, 0.29) is 35.4 Å². The quantitative estimate of drug-likeness (QED) is 0.536. The largest absolute Gasteiger partial charge is 0.487 e. The third-order valence-electron chi connectivity index (χ3n) is 4.91. The van der Waals surface area contributed by atoms with Crippen molar-refractivity contribution in [2.45, 2.75) is 32.7 Å². The number of amides is 1. The molecular weight excluding hydrogens is 461 g/mol. The Balaban J connectivity index is 1.61. The first-order valence-corrected chi connectivity index (χ1v) is 10.5. The van der Waals surface area contributed by atoms with Crippen molar-refractivity contribution in [3.63, 3.8) is 0 Å². The van der Waals surface area contributed by atoms with E-state index >= 15 is 0 Å². The summed E-state index contributed by atoms with van der Waals surface area (Å²) in [5, 5.41) is 14.7. The third kappa shape index (κ3) is 5.22. The molecule has 1 fully saturated rings. The molecule has 1 aliphatic heterocycles. The van der Waals surface area contributed by atoms with Gasteiger partial charge >= 0.3 is 6.18 Å². The number of hydrogen-bond donors (Lipinski definition) is 2. The van der Waals surface area contributed by atoms with Gasteiger partial charge in [-0.15, -0.1) is 0 Å². The number of nitrogens with zero attached hydrogens (tertiary/aromatic N) is 4. The van der Waals surface area contributed by atoms with E-state index in [0.29, 0.717) is 22.5 Å². The first-order valence-electron chi connectivity index (χ1n) is 10.5. The molecule has 0 aliphatic carbocycles. The Morgan fingerprint density at radius 1 is 1.20 bits per heavy atom. The maximum atomic E-state index is 13.2. The molecule has 178 valence electrons. The number of halogens is 3. The summed E-state index contributed by atoms with van der Waals surface area (Å²) in [6.07, 6.45) is -1.85. The lowest BCUT2D eigenvalue weighted by atomic mass is 10.1. The van der Waals surface area contributed by atoms with Gasteiger partial charge in [-0.25, -0.2) is 9.98 Å². The summed E-state index contributed by atoms with van der Waals surface area (Å²) >= 11 is 0. The standard InChI is InChI=1S/C24H19F3N6O2/c1-13(2)35-21-15(10-28)12-29-18-8-7-16(31-20(18)21)9-19-22(34)33-23(32-19)30-11-14-5-3-4-6-17(14)24(25,26)27/h3-9,12-13H,11H2,1-2H3,(H2,30,32,33,34). The second-order valence-corrected chi connectivity index (χ2v) is 7.84. The Labute approximate surface area is 198 Å². The SMILES string of the molecule is CC(C)Oc1c(C#N)cnc2ccc(C=C3NC(=NCc4ccccc4C(F)(F)F)NC3=O)nc12. The number of fused-ring (bicyclic) bond motifs is 1. The van der Waals surface area contributed by atoms with Crippen LogP contribution < -0.4 is 15.4 Å². The van der Waals surface area contributed by atoms with E-state index in [2.05, 4.69) is 25.6 Å². The fourth-order valence-electron chi connectivity index (χ4n) is 3.39. The molecule has 35 heavy (non-hydrogen) atoms. The number of carbonyl (C=O) groups is 1. The minimum Gasteiger partial charge on any atom is -0.487 e. The van der Waals surface area contributed by atoms with Gasteiger partial charge in [0.2, 0.25) is 5.96 Å². The molecule has 1 saturated heterocycles. The lowest BCUT2D eigenvalue weighted by molar-refractivity contribution is -0.138. The van der Waals surface area contributed by atoms with E-state index in [1.165, 1.54) is 30.5 Å². The molecule has 1 aromatic carbocycles. The number of pyridine rings is 2. The van der Waals surface area contributed by atoms with Crippen LogP contribution in [0.3, 0.4) is 0 Å². The first-order chi connectivity index (χ1) is 16.7. The number of benzene rings is 1. The van der Waals surface area contributed by atoms with Crippen LogP contribution in [-0.4, -0.2) is 27.9 Å². The van der Waals surface area contributed by atoms with E-state index in [9.17, 15) is 23.2 Å². The first kappa shape index (κ1) is 23.7. The number of aliphatic imine (C=N–C) groups is 1. The fourth-order valence-corrected chi connectivity index (χ4v) is 3.39. The molecule has 11 heteroatoms. The number of guanidine groups is 1. The van der Waals surface area contributed by atoms with Gasteiger partial charge in [-0.05, 0) is 43.7 Å². The molecule has 2 N–H and O–H groups in total. The van der Waals surface area contributed by atoms with Gasteiger partial charge < -0.3 is 10.1 Å². The maximum Gasteiger partial charge on any atom is 0.416 e. The van der Waals surface area contributed by atoms with Crippen molar-refractivity contribution in [3.8, 4) is 11.8 Å². The molecule has 0 radical (unpaired) electrons. The van der Waals surface area contributed by atoms with E-state index in [4.69, 9.17) is 4.74 Å². The lowest BCUT2D eigenvalue weighted by Crippen LogP contribution is -2.25. The summed E-state index contributed by atoms with van der Waals surface area (Å²) in [5.41, 5.74) is 0.790. The van der Waals surface area contributed by atoms with Crippen molar-refractivity contribution < 1.29 is 22.7 Å². The van der Waals surface area contributed by atoms with Crippen molar-refractivity contribution in [2.75, 3.05) is 0 Å². The topological polar surface area (TPSA) is 112 Å². The fraction of sp³-hybridized carbons (Fsp3) is 0.208. The number of hydrogen-bond acceptors (Lipinski definition) is 6. The highest BCUT2D eigenvalue weighted by Gasteiger charge is 2.33. The molecule has 3 heterocycles. The van der Waals surface area contributed by atoms with Crippen molar-refractivity contribution in [1.82, 2.24) is 20.6 Å². The van der Waals surface area contributed by atoms with Gasteiger partial charge in [-0.1, -0.05) is 18.2 Å². The normalized spacial score (nSPS) is 16.0. The summed E-state index contributed by atoms with van der Waals surface area (Å²) in [6, 6.07) is 10.5. The average Bonchev–Trinajstić information content (AvgIpc) is 3.16. The zero-order valence-corrected chi connectivity index (χ0v) is 18.6. The van der Waals surface area contributed by atoms with Gasteiger partial charge in [0.05, 0.1) is 29.4 Å². The zero-order valence-electron chi connectivity index (χ0n) is 18.6. The van der Waals surface area contributed by atoms with Crippen LogP contribution in [0.25, 0.3) is 17.1 Å². The van der Waals surface area contributed by atoms with Crippen LogP contribution in [0.2, 0.25) is 0 Å². The summed E-state index contributed by atoms with van der Waals surface area (Å²) in [6.45, 7) is 3.36. The monoisotopic (exact) mass is 480 g/mol. The van der Waals surface area contributed by atoms with Gasteiger partial charge in [0, 0.05) is 6.20 Å². The van der Waals surface area contributed by atoms with Gasteiger partial charge in [-0.3, -0.25) is 15.1 Å². The molecule has 8 nitrogen and oxygen atoms in total. The number of aromatic nitrogens is 2. The number of carbonyl (C=O) groups excluding carboxylic acids is 1. The van der Waals surface area contributed by atoms with Crippen LogP contribution in [0.5, 0.6) is 5.75 Å². The third-order valence-corrected chi connectivity index (χ3v) is 4.91. The molecule has 0 atom stereocenters. The minimum absolute atomic E-state index is 0.0179. The molecule has 0 saturated carbocycles. The molecule has 0 spiro atoms. The van der Waals surface area contributed by atoms with Crippen molar-refractivity contribution in [1.29, 1.82) is 5.26 Å². The Hall–Kier alpha value is -4.46. The van der Waals surface area contributed by atoms with Gasteiger partial charge in [-0.2, -0.15) is 18.4 Å². The molecule has 3 aromatic rings. The number of rotatable bonds is 5. The van der Waals surface area contributed by atoms with Crippen LogP contribution in [0.1, 0.15) is 36.2 Å². The van der Waals surface area contributed by atoms with E-state index in [1.807, 2.05) is 19.9 Å². The molecule has 1 amide bonds. The summed E-state index contributed by atoms with van der Waals surface area (Å²) < 4.78 is 45.4. The molecule has 4 rings (SSSR count). The molecule has 1 aliphatic rings. The van der Waals surface area contributed by atoms with Crippen molar-refractivity contribution >= 4 is 29.0 Å². The summed E-state index contributed by atoms with van der Waals surface area (Å²) in [7, 11) is 0. The van der Waals surface area contributed by atoms with E-state index < -0.39 is 17.6 Å². The Morgan fingerprint density at radius 2 is 1.97 bits per heavy atom. The Morgan fingerprint density at radius 3 is 2.69 bits per heavy atom. The number of nitriles is 1. The van der Waals surface area contributed by atoms with Crippen LogP contribution in [-0.2, 0) is 17.5 Å². The van der Waals surface area contributed by atoms with Crippen LogP contribution in [0.4, 0.5) is 13.2 Å². The highest BCUT2D eigenvalue weighted by molar-refractivity contribution is 6.15. The minimum atomic E-state index is -4.51. The highest BCUT2D eigenvalue weighted by Crippen LogP contribution is 2.32. The van der Waals surface area contributed by atoms with Crippen molar-refractivity contribution in [2.24, 2.45) is 4.99 Å². The van der Waals surface area contributed by atoms with Gasteiger partial charge in [0.1, 0.15) is 22.8 Å². The number of ether oxygens (including phenoxy) is 1. The van der Waals surface area contributed by atoms with Crippen LogP contribution >= 0.6 is 0 Å². The van der Waals surface area contributed by atoms with Gasteiger partial charge in [0.15, 0.2) is 5.75 Å². The summed E-state index contributed by atoms with van der Waals surface area (Å²) in [5.74, 6) is -0.198. The van der Waals surface area contributed by atoms with Crippen molar-refractivity contribution in [3.05, 3.63) is 70.7 Å². The van der Waals surface area contributed by atoms with E-state index in [0.717, 1.165) is 6.07 Å². The molecule has 0 bridgehead atoms. The second-order valence-electron chi connectivity index (χ2n) is 7.84. The zero-order chi connectivity index (χ0) is 25.2. The molecule has 2 aromatic heterocycles. The Kier molecular flexibility index (Phi) is 6.38. The smallest absolute Gasteiger partial charge is 0.416 e. The Bertz CT molecular complexity index is 1410. The van der Waals surface area contributed by atoms with Gasteiger partial charge in [0.25, 0.3) is 5.91 Å². The average molecular weight is 480 g/mol. The van der Waals surface area contributed by atoms with E-state index in [1.54, 1.807) is 12.1 Å². The predicted octanol–water partition coefficient (Wildman–Crippen LogP) is 3.92. The van der Waals surface area contributed by atoms with Crippen LogP contribution in [0.15, 0.2) is 53.3 Å². The number of alkyl halides is 3. The molecular formula is C24H19F3N6O2. The molecule has 0 unspecified atom stereocenters. The second kappa shape index (κ2) is 9.42. The van der Waals surface area contributed by atoms with Crippen LogP contribution in [0, 0.1) is 11.3 Å². The predicted molar refractivity (Wildman–Crippen MR) is 122 cm³/mol. The summed E-state index contributed by atoms with van der Waals surface area (Å²) in [4.78, 5) is 25.2. The number of nitrogens with one attached hydrogen (secondary N) is 2. The maximum absolute atomic E-state index is 13.2. The lowest BCUT2D eigenvalue weighted by Gasteiger charge is -2.13.